The highest BCUT2D eigenvalue weighted by Gasteiger charge is 2.44. The average Bonchev–Trinajstić information content (AvgIpc) is 2.20. The Hall–Kier alpha value is -0.630. The van der Waals surface area contributed by atoms with Crippen LogP contribution in [0.3, 0.4) is 0 Å². The number of allylic oxidation sites excluding steroid dienone is 1. The largest absolute Gasteiger partial charge is 0.388 e. The summed E-state index contributed by atoms with van der Waals surface area (Å²) < 4.78 is 0. The van der Waals surface area contributed by atoms with Gasteiger partial charge in [0.05, 0.1) is 6.10 Å². The maximum atomic E-state index is 11.5. The SMILES string of the molecule is CC(C)[C@@H]1CC[C@]2(C)CCC(=O)C=C2[C@H]1O. The molecule has 0 radical (unpaired) electrons. The van der Waals surface area contributed by atoms with Gasteiger partial charge in [0.15, 0.2) is 5.78 Å². The number of fused-ring (bicyclic) bond motifs is 1. The van der Waals surface area contributed by atoms with Gasteiger partial charge in [-0.05, 0) is 48.2 Å². The van der Waals surface area contributed by atoms with E-state index in [-0.39, 0.29) is 11.2 Å². The summed E-state index contributed by atoms with van der Waals surface area (Å²) in [5.41, 5.74) is 1.09. The molecule has 0 aromatic carbocycles. The molecule has 0 aromatic heterocycles. The molecule has 0 amide bonds. The van der Waals surface area contributed by atoms with Crippen LogP contribution in [0.2, 0.25) is 0 Å². The van der Waals surface area contributed by atoms with E-state index in [1.165, 1.54) is 0 Å². The van der Waals surface area contributed by atoms with E-state index in [9.17, 15) is 9.90 Å². The molecule has 90 valence electrons. The van der Waals surface area contributed by atoms with E-state index in [1.54, 1.807) is 6.08 Å². The normalized spacial score (nSPS) is 39.6. The van der Waals surface area contributed by atoms with E-state index in [0.29, 0.717) is 18.3 Å². The zero-order valence-electron chi connectivity index (χ0n) is 10.5. The smallest absolute Gasteiger partial charge is 0.155 e. The number of aliphatic hydroxyl groups excluding tert-OH is 1. The molecule has 1 N–H and O–H groups in total. The van der Waals surface area contributed by atoms with Crippen LogP contribution in [-0.2, 0) is 4.79 Å². The minimum absolute atomic E-state index is 0.0821. The van der Waals surface area contributed by atoms with Crippen LogP contribution in [0.4, 0.5) is 0 Å². The van der Waals surface area contributed by atoms with Crippen molar-refractivity contribution in [3.05, 3.63) is 11.6 Å². The average molecular weight is 222 g/mol. The van der Waals surface area contributed by atoms with Gasteiger partial charge in [-0.3, -0.25) is 4.79 Å². The van der Waals surface area contributed by atoms with Gasteiger partial charge in [0.2, 0.25) is 0 Å². The fourth-order valence-electron chi connectivity index (χ4n) is 3.25. The fourth-order valence-corrected chi connectivity index (χ4v) is 3.25. The Balaban J connectivity index is 2.31. The van der Waals surface area contributed by atoms with Gasteiger partial charge in [0.1, 0.15) is 0 Å². The Morgan fingerprint density at radius 2 is 2.12 bits per heavy atom. The maximum Gasteiger partial charge on any atom is 0.155 e. The molecule has 1 fully saturated rings. The predicted molar refractivity (Wildman–Crippen MR) is 64.0 cm³/mol. The van der Waals surface area contributed by atoms with Crippen molar-refractivity contribution >= 4 is 5.78 Å². The van der Waals surface area contributed by atoms with Gasteiger partial charge in [0, 0.05) is 6.42 Å². The Morgan fingerprint density at radius 1 is 1.44 bits per heavy atom. The fraction of sp³-hybridized carbons (Fsp3) is 0.786. The van der Waals surface area contributed by atoms with Crippen LogP contribution in [0.25, 0.3) is 0 Å². The molecule has 1 saturated carbocycles. The van der Waals surface area contributed by atoms with Crippen molar-refractivity contribution in [3.63, 3.8) is 0 Å². The minimum Gasteiger partial charge on any atom is -0.388 e. The molecule has 0 unspecified atom stereocenters. The van der Waals surface area contributed by atoms with Crippen LogP contribution in [0.15, 0.2) is 11.6 Å². The number of carbonyl (C=O) groups excluding carboxylic acids is 1. The number of ketones is 1. The Labute approximate surface area is 97.7 Å². The summed E-state index contributed by atoms with van der Waals surface area (Å²) in [4.78, 5) is 11.5. The van der Waals surface area contributed by atoms with Crippen LogP contribution in [0.1, 0.15) is 46.5 Å². The lowest BCUT2D eigenvalue weighted by molar-refractivity contribution is -0.116. The van der Waals surface area contributed by atoms with E-state index >= 15 is 0 Å². The van der Waals surface area contributed by atoms with Crippen LogP contribution < -0.4 is 0 Å². The van der Waals surface area contributed by atoms with Gasteiger partial charge in [-0.1, -0.05) is 20.8 Å². The number of rotatable bonds is 1. The monoisotopic (exact) mass is 222 g/mol. The molecule has 2 aliphatic rings. The zero-order valence-corrected chi connectivity index (χ0v) is 10.5. The third kappa shape index (κ3) is 1.84. The lowest BCUT2D eigenvalue weighted by Crippen LogP contribution is -2.42. The van der Waals surface area contributed by atoms with Crippen LogP contribution >= 0.6 is 0 Å². The second kappa shape index (κ2) is 3.99. The number of aliphatic hydroxyl groups is 1. The standard InChI is InChI=1S/C14H22O2/c1-9(2)11-5-7-14(3)6-4-10(15)8-12(14)13(11)16/h8-9,11,13,16H,4-7H2,1-3H3/t11-,13-,14-/m0/s1. The molecule has 2 rings (SSSR count). The molecule has 16 heavy (non-hydrogen) atoms. The first kappa shape index (κ1) is 11.8. The summed E-state index contributed by atoms with van der Waals surface area (Å²) in [5.74, 6) is 0.999. The topological polar surface area (TPSA) is 37.3 Å². The Morgan fingerprint density at radius 3 is 2.75 bits per heavy atom. The first-order valence-corrected chi connectivity index (χ1v) is 6.37. The van der Waals surface area contributed by atoms with Gasteiger partial charge in [-0.2, -0.15) is 0 Å². The van der Waals surface area contributed by atoms with Crippen molar-refractivity contribution in [1.82, 2.24) is 0 Å². The summed E-state index contributed by atoms with van der Waals surface area (Å²) in [6.07, 6.45) is 5.09. The number of hydrogen-bond acceptors (Lipinski definition) is 2. The van der Waals surface area contributed by atoms with E-state index in [2.05, 4.69) is 20.8 Å². The highest BCUT2D eigenvalue weighted by Crippen LogP contribution is 2.49. The molecule has 3 atom stereocenters. The molecule has 0 aromatic rings. The molecule has 0 heterocycles. The van der Waals surface area contributed by atoms with Crippen molar-refractivity contribution in [2.45, 2.75) is 52.6 Å². The van der Waals surface area contributed by atoms with Gasteiger partial charge in [0.25, 0.3) is 0 Å². The van der Waals surface area contributed by atoms with Crippen molar-refractivity contribution < 1.29 is 9.90 Å². The Kier molecular flexibility index (Phi) is 2.95. The summed E-state index contributed by atoms with van der Waals surface area (Å²) in [5, 5.41) is 10.4. The van der Waals surface area contributed by atoms with E-state index in [4.69, 9.17) is 0 Å². The minimum atomic E-state index is -0.400. The molecule has 2 nitrogen and oxygen atoms in total. The van der Waals surface area contributed by atoms with Gasteiger partial charge in [-0.25, -0.2) is 0 Å². The van der Waals surface area contributed by atoms with Gasteiger partial charge < -0.3 is 5.11 Å². The van der Waals surface area contributed by atoms with Gasteiger partial charge in [-0.15, -0.1) is 0 Å². The van der Waals surface area contributed by atoms with E-state index in [0.717, 1.165) is 24.8 Å². The zero-order chi connectivity index (χ0) is 11.9. The third-order valence-electron chi connectivity index (χ3n) is 4.55. The van der Waals surface area contributed by atoms with Crippen molar-refractivity contribution in [3.8, 4) is 0 Å². The molecular formula is C14H22O2. The van der Waals surface area contributed by atoms with E-state index < -0.39 is 6.10 Å². The lowest BCUT2D eigenvalue weighted by atomic mass is 9.60. The summed E-state index contributed by atoms with van der Waals surface area (Å²) in [6, 6.07) is 0. The third-order valence-corrected chi connectivity index (χ3v) is 4.55. The first-order chi connectivity index (χ1) is 7.44. The van der Waals surface area contributed by atoms with Crippen molar-refractivity contribution in [1.29, 1.82) is 0 Å². The number of carbonyl (C=O) groups is 1. The quantitative estimate of drug-likeness (QED) is 0.740. The molecule has 0 spiro atoms. The van der Waals surface area contributed by atoms with Crippen molar-refractivity contribution in [2.75, 3.05) is 0 Å². The maximum absolute atomic E-state index is 11.5. The second-order valence-electron chi connectivity index (χ2n) is 6.02. The molecule has 2 aliphatic carbocycles. The summed E-state index contributed by atoms with van der Waals surface area (Å²) in [7, 11) is 0. The highest BCUT2D eigenvalue weighted by molar-refractivity contribution is 5.91. The predicted octanol–water partition coefficient (Wildman–Crippen LogP) is 2.71. The van der Waals surface area contributed by atoms with E-state index in [1.807, 2.05) is 0 Å². The molecule has 0 saturated heterocycles. The first-order valence-electron chi connectivity index (χ1n) is 6.37. The summed E-state index contributed by atoms with van der Waals surface area (Å²) in [6.45, 7) is 6.51. The second-order valence-corrected chi connectivity index (χ2v) is 6.02. The Bertz CT molecular complexity index is 330. The van der Waals surface area contributed by atoms with Crippen molar-refractivity contribution in [2.24, 2.45) is 17.3 Å². The highest BCUT2D eigenvalue weighted by atomic mass is 16.3. The summed E-state index contributed by atoms with van der Waals surface area (Å²) >= 11 is 0. The molecule has 0 aliphatic heterocycles. The number of hydrogen-bond donors (Lipinski definition) is 1. The molecular weight excluding hydrogens is 200 g/mol. The van der Waals surface area contributed by atoms with Crippen LogP contribution in [0, 0.1) is 17.3 Å². The van der Waals surface area contributed by atoms with Gasteiger partial charge >= 0.3 is 0 Å². The van der Waals surface area contributed by atoms with Crippen LogP contribution in [0.5, 0.6) is 0 Å². The van der Waals surface area contributed by atoms with Crippen LogP contribution in [-0.4, -0.2) is 17.0 Å². The molecule has 0 bridgehead atoms. The lowest BCUT2D eigenvalue weighted by Gasteiger charge is -2.46. The molecule has 2 heteroatoms.